The monoisotopic (exact) mass is 435 g/mol. The molecule has 166 valence electrons. The number of anilines is 1. The number of nitrogen functional groups attached to an aromatic ring is 1. The Morgan fingerprint density at radius 1 is 1.03 bits per heavy atom. The number of hydrogen-bond donors (Lipinski definition) is 3. The van der Waals surface area contributed by atoms with Crippen LogP contribution in [0, 0.1) is 0 Å². The highest BCUT2D eigenvalue weighted by Crippen LogP contribution is 2.34. The summed E-state index contributed by atoms with van der Waals surface area (Å²) in [4.78, 5) is 14.5. The van der Waals surface area contributed by atoms with E-state index in [4.69, 9.17) is 20.3 Å². The van der Waals surface area contributed by atoms with Crippen molar-refractivity contribution < 1.29 is 19.4 Å². The molecule has 0 saturated heterocycles. The van der Waals surface area contributed by atoms with Crippen molar-refractivity contribution in [1.82, 2.24) is 20.5 Å². The second-order valence-electron chi connectivity index (χ2n) is 8.29. The van der Waals surface area contributed by atoms with Crippen molar-refractivity contribution in [2.24, 2.45) is 0 Å². The van der Waals surface area contributed by atoms with Crippen LogP contribution in [0.4, 0.5) is 10.7 Å². The van der Waals surface area contributed by atoms with E-state index in [1.807, 2.05) is 36.4 Å². The lowest BCUT2D eigenvalue weighted by Crippen LogP contribution is -2.48. The summed E-state index contributed by atoms with van der Waals surface area (Å²) in [5.41, 5.74) is 7.48. The molecule has 1 amide bonds. The summed E-state index contributed by atoms with van der Waals surface area (Å²) < 4.78 is 11.6. The maximum atomic E-state index is 10.7. The van der Waals surface area contributed by atoms with Crippen LogP contribution in [0.25, 0.3) is 0 Å². The van der Waals surface area contributed by atoms with Crippen LogP contribution in [-0.4, -0.2) is 38.5 Å². The van der Waals surface area contributed by atoms with Crippen LogP contribution in [0.1, 0.15) is 37.8 Å². The first-order valence-electron chi connectivity index (χ1n) is 10.3. The molecule has 3 aromatic rings. The van der Waals surface area contributed by atoms with Crippen molar-refractivity contribution in [1.29, 1.82) is 0 Å². The van der Waals surface area contributed by atoms with Gasteiger partial charge in [0.05, 0.1) is 6.20 Å². The van der Waals surface area contributed by atoms with E-state index in [1.54, 1.807) is 0 Å². The molecule has 2 aromatic carbocycles. The molecule has 1 saturated carbocycles. The maximum absolute atomic E-state index is 10.7. The second-order valence-corrected chi connectivity index (χ2v) is 8.29. The van der Waals surface area contributed by atoms with Crippen LogP contribution in [0.2, 0.25) is 0 Å². The SMILES string of the molecule is CC(C)(c1ccc(Oc2cnc(N)nn2)cc1)c1ccc(OC2CC(NC(=O)O)C2)cc1. The van der Waals surface area contributed by atoms with Gasteiger partial charge >= 0.3 is 6.09 Å². The number of rotatable bonds is 7. The van der Waals surface area contributed by atoms with Crippen molar-refractivity contribution in [2.75, 3.05) is 5.73 Å². The first-order valence-corrected chi connectivity index (χ1v) is 10.3. The molecule has 0 radical (unpaired) electrons. The molecule has 1 aliphatic rings. The van der Waals surface area contributed by atoms with Gasteiger partial charge < -0.3 is 25.6 Å². The van der Waals surface area contributed by atoms with E-state index in [0.717, 1.165) is 16.9 Å². The lowest BCUT2D eigenvalue weighted by molar-refractivity contribution is 0.0833. The fourth-order valence-corrected chi connectivity index (χ4v) is 3.64. The molecule has 0 spiro atoms. The minimum absolute atomic E-state index is 0.0222. The van der Waals surface area contributed by atoms with Gasteiger partial charge in [0, 0.05) is 24.3 Å². The average molecular weight is 435 g/mol. The number of carbonyl (C=O) groups is 1. The van der Waals surface area contributed by atoms with Crippen molar-refractivity contribution in [3.05, 3.63) is 65.9 Å². The van der Waals surface area contributed by atoms with E-state index in [9.17, 15) is 4.79 Å². The first-order chi connectivity index (χ1) is 15.3. The molecule has 1 fully saturated rings. The van der Waals surface area contributed by atoms with E-state index in [1.165, 1.54) is 6.20 Å². The highest BCUT2D eigenvalue weighted by atomic mass is 16.5. The third kappa shape index (κ3) is 4.88. The number of nitrogens with one attached hydrogen (secondary N) is 1. The predicted molar refractivity (Wildman–Crippen MR) is 118 cm³/mol. The van der Waals surface area contributed by atoms with Crippen LogP contribution >= 0.6 is 0 Å². The molecular weight excluding hydrogens is 410 g/mol. The minimum Gasteiger partial charge on any atom is -0.490 e. The molecule has 1 aromatic heterocycles. The van der Waals surface area contributed by atoms with Gasteiger partial charge in [-0.1, -0.05) is 38.1 Å². The fraction of sp³-hybridized carbons (Fsp3) is 0.304. The molecule has 0 atom stereocenters. The van der Waals surface area contributed by atoms with Gasteiger partial charge in [-0.15, -0.1) is 10.2 Å². The minimum atomic E-state index is -0.990. The Bertz CT molecular complexity index is 1060. The Morgan fingerprint density at radius 3 is 2.16 bits per heavy atom. The highest BCUT2D eigenvalue weighted by Gasteiger charge is 2.32. The van der Waals surface area contributed by atoms with Gasteiger partial charge in [0.15, 0.2) is 0 Å². The zero-order valence-corrected chi connectivity index (χ0v) is 17.9. The topological polar surface area (TPSA) is 132 Å². The number of carboxylic acid groups (broad SMARTS) is 1. The lowest BCUT2D eigenvalue weighted by Gasteiger charge is -2.35. The molecule has 32 heavy (non-hydrogen) atoms. The smallest absolute Gasteiger partial charge is 0.404 e. The molecule has 9 nitrogen and oxygen atoms in total. The Morgan fingerprint density at radius 2 is 1.62 bits per heavy atom. The zero-order chi connectivity index (χ0) is 22.7. The number of benzene rings is 2. The molecule has 0 unspecified atom stereocenters. The molecule has 9 heteroatoms. The summed E-state index contributed by atoms with van der Waals surface area (Å²) in [6.07, 6.45) is 1.85. The maximum Gasteiger partial charge on any atom is 0.404 e. The Hall–Kier alpha value is -3.88. The number of nitrogens with two attached hydrogens (primary N) is 1. The predicted octanol–water partition coefficient (Wildman–Crippen LogP) is 3.75. The van der Waals surface area contributed by atoms with Gasteiger partial charge in [-0.25, -0.2) is 9.78 Å². The van der Waals surface area contributed by atoms with E-state index in [2.05, 4.69) is 46.5 Å². The summed E-state index contributed by atoms with van der Waals surface area (Å²) in [5, 5.41) is 18.7. The Balaban J connectivity index is 1.37. The highest BCUT2D eigenvalue weighted by molar-refractivity contribution is 5.65. The van der Waals surface area contributed by atoms with Crippen LogP contribution in [0.15, 0.2) is 54.7 Å². The van der Waals surface area contributed by atoms with Crippen LogP contribution in [-0.2, 0) is 5.41 Å². The van der Waals surface area contributed by atoms with Gasteiger partial charge in [-0.3, -0.25) is 0 Å². The van der Waals surface area contributed by atoms with Gasteiger partial charge in [-0.2, -0.15) is 0 Å². The molecule has 1 aliphatic carbocycles. The van der Waals surface area contributed by atoms with E-state index < -0.39 is 6.09 Å². The summed E-state index contributed by atoms with van der Waals surface area (Å²) in [6.45, 7) is 4.31. The number of nitrogens with zero attached hydrogens (tertiary/aromatic N) is 3. The normalized spacial score (nSPS) is 17.8. The van der Waals surface area contributed by atoms with Crippen molar-refractivity contribution in [3.8, 4) is 17.4 Å². The summed E-state index contributed by atoms with van der Waals surface area (Å²) in [6, 6.07) is 15.8. The summed E-state index contributed by atoms with van der Waals surface area (Å²) in [5.74, 6) is 1.78. The van der Waals surface area contributed by atoms with Gasteiger partial charge in [0.2, 0.25) is 5.95 Å². The molecular formula is C23H25N5O4. The van der Waals surface area contributed by atoms with E-state index in [0.29, 0.717) is 18.6 Å². The van der Waals surface area contributed by atoms with E-state index in [-0.39, 0.29) is 29.4 Å². The third-order valence-corrected chi connectivity index (χ3v) is 5.66. The number of hydrogen-bond acceptors (Lipinski definition) is 7. The number of ether oxygens (including phenoxy) is 2. The van der Waals surface area contributed by atoms with Crippen LogP contribution < -0.4 is 20.5 Å². The lowest BCUT2D eigenvalue weighted by atomic mass is 9.78. The molecule has 0 bridgehead atoms. The quantitative estimate of drug-likeness (QED) is 0.511. The first kappa shape index (κ1) is 21.4. The van der Waals surface area contributed by atoms with Crippen molar-refractivity contribution >= 4 is 12.0 Å². The molecule has 0 aliphatic heterocycles. The Kier molecular flexibility index (Phi) is 5.81. The summed E-state index contributed by atoms with van der Waals surface area (Å²) in [7, 11) is 0. The largest absolute Gasteiger partial charge is 0.490 e. The van der Waals surface area contributed by atoms with Crippen LogP contribution in [0.5, 0.6) is 17.4 Å². The van der Waals surface area contributed by atoms with E-state index >= 15 is 0 Å². The van der Waals surface area contributed by atoms with Gasteiger partial charge in [0.1, 0.15) is 17.6 Å². The summed E-state index contributed by atoms with van der Waals surface area (Å²) >= 11 is 0. The van der Waals surface area contributed by atoms with Gasteiger partial charge in [0.25, 0.3) is 5.88 Å². The third-order valence-electron chi connectivity index (χ3n) is 5.66. The Labute approximate surface area is 185 Å². The van der Waals surface area contributed by atoms with Crippen LogP contribution in [0.3, 0.4) is 0 Å². The average Bonchev–Trinajstić information content (AvgIpc) is 2.74. The number of aromatic nitrogens is 3. The second kappa shape index (κ2) is 8.70. The van der Waals surface area contributed by atoms with Crippen molar-refractivity contribution in [2.45, 2.75) is 44.2 Å². The number of amides is 1. The fourth-order valence-electron chi connectivity index (χ4n) is 3.64. The standard InChI is InChI=1S/C23H25N5O4/c1-23(2,15-5-9-18(10-6-15)32-20-13-25-21(24)28-27-20)14-3-7-17(8-4-14)31-19-11-16(12-19)26-22(29)30/h3-10,13,16,19,26H,11-12H2,1-2H3,(H,29,30)(H2,24,25,28). The zero-order valence-electron chi connectivity index (χ0n) is 17.9. The van der Waals surface area contributed by atoms with Crippen molar-refractivity contribution in [3.63, 3.8) is 0 Å². The molecule has 4 N–H and O–H groups in total. The molecule has 4 rings (SSSR count). The van der Waals surface area contributed by atoms with Gasteiger partial charge in [-0.05, 0) is 35.4 Å². The molecule has 1 heterocycles.